The lowest BCUT2D eigenvalue weighted by molar-refractivity contribution is -0.300. The number of aromatic nitrogens is 3. The van der Waals surface area contributed by atoms with Crippen molar-refractivity contribution in [1.29, 1.82) is 0 Å². The van der Waals surface area contributed by atoms with E-state index < -0.39 is 89.7 Å². The fourth-order valence-electron chi connectivity index (χ4n) is 4.69. The highest BCUT2D eigenvalue weighted by Gasteiger charge is 2.61. The number of halogens is 6. The van der Waals surface area contributed by atoms with Crippen molar-refractivity contribution in [3.63, 3.8) is 0 Å². The zero-order chi connectivity index (χ0) is 35.3. The third-order valence-electron chi connectivity index (χ3n) is 6.87. The number of pyridine rings is 1. The van der Waals surface area contributed by atoms with Gasteiger partial charge in [-0.2, -0.15) is 26.3 Å². The van der Waals surface area contributed by atoms with Crippen LogP contribution in [0.15, 0.2) is 40.8 Å². The largest absolute Gasteiger partial charge is 0.464 e. The van der Waals surface area contributed by atoms with Gasteiger partial charge in [-0.05, 0) is 51.7 Å². The summed E-state index contributed by atoms with van der Waals surface area (Å²) in [6, 6.07) is 8.36. The zero-order valence-electron chi connectivity index (χ0n) is 26.3. The Morgan fingerprint density at radius 3 is 2.31 bits per heavy atom. The van der Waals surface area contributed by atoms with E-state index in [1.807, 2.05) is 0 Å². The molecule has 48 heavy (non-hydrogen) atoms. The Hall–Kier alpha value is -3.84. The van der Waals surface area contributed by atoms with Crippen LogP contribution >= 0.6 is 0 Å². The van der Waals surface area contributed by atoms with Crippen LogP contribution in [0.3, 0.4) is 0 Å². The number of carbonyl (C=O) groups excluding carboxylic acids is 1. The van der Waals surface area contributed by atoms with Crippen LogP contribution in [-0.4, -0.2) is 71.1 Å². The van der Waals surface area contributed by atoms with Gasteiger partial charge in [-0.3, -0.25) is 0 Å². The van der Waals surface area contributed by atoms with Gasteiger partial charge in [-0.1, -0.05) is 30.3 Å². The molecule has 1 aliphatic heterocycles. The molecule has 0 amide bonds. The number of nitrogens with zero attached hydrogens (tertiary/aromatic N) is 3. The zero-order valence-corrected chi connectivity index (χ0v) is 26.3. The number of alkyl halides is 6. The third-order valence-corrected chi connectivity index (χ3v) is 6.87. The van der Waals surface area contributed by atoms with Crippen molar-refractivity contribution in [2.45, 2.75) is 82.9 Å². The van der Waals surface area contributed by atoms with E-state index in [4.69, 9.17) is 23.4 Å². The van der Waals surface area contributed by atoms with Crippen LogP contribution in [0.25, 0.3) is 11.6 Å². The van der Waals surface area contributed by atoms with Crippen molar-refractivity contribution in [2.24, 2.45) is 0 Å². The average Bonchev–Trinajstić information content (AvgIpc) is 3.70. The van der Waals surface area contributed by atoms with Gasteiger partial charge in [0.15, 0.2) is 17.7 Å². The van der Waals surface area contributed by atoms with Crippen LogP contribution in [0.4, 0.5) is 32.0 Å². The highest BCUT2D eigenvalue weighted by Crippen LogP contribution is 2.47. The second-order valence-corrected chi connectivity index (χ2v) is 11.6. The average molecular weight is 693 g/mol. The molecule has 12 nitrogen and oxygen atoms in total. The summed E-state index contributed by atoms with van der Waals surface area (Å²) in [4.78, 5) is 16.1. The molecular formula is C30H34F6N4O8. The lowest BCUT2D eigenvalue weighted by Crippen LogP contribution is -2.45. The molecule has 2 aromatic heterocycles. The highest BCUT2D eigenvalue weighted by molar-refractivity contribution is 5.91. The number of hydrogen-bond donors (Lipinski definition) is 2. The number of hydrogen-bond acceptors (Lipinski definition) is 12. The molecule has 3 heterocycles. The van der Waals surface area contributed by atoms with Crippen LogP contribution in [0, 0.1) is 0 Å². The second kappa shape index (κ2) is 14.7. The Bertz CT molecular complexity index is 1520. The quantitative estimate of drug-likeness (QED) is 0.124. The minimum absolute atomic E-state index is 0.0657. The van der Waals surface area contributed by atoms with Gasteiger partial charge < -0.3 is 38.5 Å². The van der Waals surface area contributed by atoms with Crippen LogP contribution in [0.5, 0.6) is 0 Å². The first-order chi connectivity index (χ1) is 22.4. The summed E-state index contributed by atoms with van der Waals surface area (Å²) in [5, 5.41) is 20.0. The molecule has 1 aliphatic rings. The number of nitrogens with one attached hydrogen (secondary N) is 1. The van der Waals surface area contributed by atoms with Gasteiger partial charge >= 0.3 is 18.3 Å². The van der Waals surface area contributed by atoms with Gasteiger partial charge in [0.05, 0.1) is 43.8 Å². The maximum absolute atomic E-state index is 15.1. The molecule has 0 bridgehead atoms. The molecule has 0 saturated carbocycles. The van der Waals surface area contributed by atoms with Gasteiger partial charge in [0, 0.05) is 0 Å². The fourth-order valence-corrected chi connectivity index (χ4v) is 4.69. The van der Waals surface area contributed by atoms with Crippen molar-refractivity contribution >= 4 is 11.7 Å². The number of ether oxygens (including phenoxy) is 5. The number of aliphatic hydroxyl groups is 1. The summed E-state index contributed by atoms with van der Waals surface area (Å²) >= 11 is 0. The molecule has 3 aromatic rings. The number of rotatable bonds is 13. The standard InChI is InChI=1S/C30H34F6N4O8/c1-27(2,3)48-26(42)37-19-15-18(29(31,32)33)21(24(41)43-4)38-22(19)23-39-40-25(47-23)28(30(34,35)36,12-8-11-20-44-13-14-45-20)46-16-17-9-6-5-7-10-17/h5-7,9-10,15,20,26,37,42H,8,11-14,16H2,1-4H3. The molecular weight excluding hydrogens is 658 g/mol. The molecule has 1 aromatic carbocycles. The molecule has 2 unspecified atom stereocenters. The van der Waals surface area contributed by atoms with Crippen LogP contribution in [0.1, 0.15) is 67.5 Å². The third kappa shape index (κ3) is 8.98. The van der Waals surface area contributed by atoms with E-state index >= 15 is 13.2 Å². The van der Waals surface area contributed by atoms with Crippen LogP contribution < -0.4 is 5.32 Å². The summed E-state index contributed by atoms with van der Waals surface area (Å²) in [5.41, 5.74) is -8.06. The molecule has 4 rings (SSSR count). The molecule has 2 N–H and O–H groups in total. The van der Waals surface area contributed by atoms with Gasteiger partial charge in [-0.25, -0.2) is 9.78 Å². The monoisotopic (exact) mass is 692 g/mol. The lowest BCUT2D eigenvalue weighted by atomic mass is 9.94. The van der Waals surface area contributed by atoms with Crippen LogP contribution in [0.2, 0.25) is 0 Å². The lowest BCUT2D eigenvalue weighted by Gasteiger charge is -2.33. The topological polar surface area (TPSA) is 147 Å². The molecule has 18 heteroatoms. The molecule has 2 atom stereocenters. The Morgan fingerprint density at radius 1 is 1.06 bits per heavy atom. The Balaban J connectivity index is 1.83. The predicted octanol–water partition coefficient (Wildman–Crippen LogP) is 5.96. The van der Waals surface area contributed by atoms with Crippen molar-refractivity contribution < 1.29 is 64.3 Å². The molecule has 0 aliphatic carbocycles. The molecule has 264 valence electrons. The number of methoxy groups -OCH3 is 1. The van der Waals surface area contributed by atoms with Crippen molar-refractivity contribution in [3.8, 4) is 11.6 Å². The van der Waals surface area contributed by atoms with Crippen molar-refractivity contribution in [3.05, 3.63) is 59.1 Å². The Labute approximate surface area is 270 Å². The number of aliphatic hydroxyl groups excluding tert-OH is 1. The first-order valence-corrected chi connectivity index (χ1v) is 14.6. The maximum Gasteiger partial charge on any atom is 0.426 e. The summed E-state index contributed by atoms with van der Waals surface area (Å²) in [7, 11) is 0.811. The van der Waals surface area contributed by atoms with E-state index in [9.17, 15) is 23.1 Å². The van der Waals surface area contributed by atoms with Crippen LogP contribution in [-0.2, 0) is 42.1 Å². The summed E-state index contributed by atoms with van der Waals surface area (Å²) in [6.07, 6.45) is -13.8. The first kappa shape index (κ1) is 37.0. The smallest absolute Gasteiger partial charge is 0.426 e. The van der Waals surface area contributed by atoms with E-state index in [0.29, 0.717) is 11.6 Å². The van der Waals surface area contributed by atoms with Gasteiger partial charge in [0.25, 0.3) is 11.8 Å². The van der Waals surface area contributed by atoms with E-state index in [0.717, 1.165) is 7.11 Å². The molecule has 1 fully saturated rings. The summed E-state index contributed by atoms with van der Waals surface area (Å²) in [6.45, 7) is 4.65. The van der Waals surface area contributed by atoms with E-state index in [1.54, 1.807) is 51.1 Å². The predicted molar refractivity (Wildman–Crippen MR) is 153 cm³/mol. The summed E-state index contributed by atoms with van der Waals surface area (Å²) in [5.74, 6) is -3.45. The van der Waals surface area contributed by atoms with Gasteiger partial charge in [-0.15, -0.1) is 10.2 Å². The molecule has 0 radical (unpaired) electrons. The van der Waals surface area contributed by atoms with Crippen molar-refractivity contribution in [2.75, 3.05) is 25.6 Å². The van der Waals surface area contributed by atoms with E-state index in [1.165, 1.54) is 0 Å². The van der Waals surface area contributed by atoms with E-state index in [-0.39, 0.29) is 26.1 Å². The number of esters is 1. The van der Waals surface area contributed by atoms with Crippen molar-refractivity contribution in [1.82, 2.24) is 15.2 Å². The van der Waals surface area contributed by atoms with E-state index in [2.05, 4.69) is 25.2 Å². The minimum Gasteiger partial charge on any atom is -0.464 e. The number of carbonyl (C=O) groups is 1. The number of benzene rings is 1. The van der Waals surface area contributed by atoms with Gasteiger partial charge in [0.2, 0.25) is 12.0 Å². The summed E-state index contributed by atoms with van der Waals surface area (Å²) < 4.78 is 119. The Kier molecular flexibility index (Phi) is 11.4. The second-order valence-electron chi connectivity index (χ2n) is 11.6. The maximum atomic E-state index is 15.1. The molecule has 1 saturated heterocycles. The molecule has 0 spiro atoms. The normalized spacial score (nSPS) is 16.5. The highest BCUT2D eigenvalue weighted by atomic mass is 19.4. The SMILES string of the molecule is COC(=O)c1nc(-c2nnc(C(CCCC3OCCO3)(OCc3ccccc3)C(F)(F)F)o2)c(NC(O)OC(C)(C)C)cc1C(F)(F)F. The first-order valence-electron chi connectivity index (χ1n) is 14.6. The van der Waals surface area contributed by atoms with Gasteiger partial charge in [0.1, 0.15) is 0 Å². The fraction of sp³-hybridized carbons (Fsp3) is 0.533. The minimum atomic E-state index is -5.16. The Morgan fingerprint density at radius 2 is 1.73 bits per heavy atom. The number of anilines is 1.